The quantitative estimate of drug-likeness (QED) is 0.867. The molecule has 6 nitrogen and oxygen atoms in total. The first-order valence-corrected chi connectivity index (χ1v) is 8.42. The second-order valence-electron chi connectivity index (χ2n) is 6.15. The number of carbonyl (C=O) groups excluding carboxylic acids is 2. The van der Waals surface area contributed by atoms with Crippen molar-refractivity contribution in [3.63, 3.8) is 0 Å². The van der Waals surface area contributed by atoms with E-state index in [1.807, 2.05) is 49.4 Å². The van der Waals surface area contributed by atoms with Crippen molar-refractivity contribution >= 4 is 23.3 Å². The second kappa shape index (κ2) is 7.79. The van der Waals surface area contributed by atoms with E-state index in [1.165, 1.54) is 0 Å². The van der Waals surface area contributed by atoms with E-state index in [-0.39, 0.29) is 18.2 Å². The van der Waals surface area contributed by atoms with Crippen molar-refractivity contribution in [3.8, 4) is 0 Å². The fourth-order valence-corrected chi connectivity index (χ4v) is 2.90. The van der Waals surface area contributed by atoms with Gasteiger partial charge in [0.05, 0.1) is 0 Å². The summed E-state index contributed by atoms with van der Waals surface area (Å²) >= 11 is 0. The Morgan fingerprint density at radius 3 is 2.56 bits per heavy atom. The molecule has 0 unspecified atom stereocenters. The third-order valence-corrected chi connectivity index (χ3v) is 4.22. The summed E-state index contributed by atoms with van der Waals surface area (Å²) in [6.45, 7) is 4.62. The van der Waals surface area contributed by atoms with Gasteiger partial charge in [0.2, 0.25) is 11.8 Å². The van der Waals surface area contributed by atoms with E-state index in [2.05, 4.69) is 15.2 Å². The van der Waals surface area contributed by atoms with Gasteiger partial charge in [0.15, 0.2) is 0 Å². The third-order valence-electron chi connectivity index (χ3n) is 4.22. The Balaban J connectivity index is 1.48. The zero-order valence-electron chi connectivity index (χ0n) is 14.3. The lowest BCUT2D eigenvalue weighted by Crippen LogP contribution is -2.49. The van der Waals surface area contributed by atoms with Gasteiger partial charge in [0.1, 0.15) is 12.2 Å². The molecule has 25 heavy (non-hydrogen) atoms. The van der Waals surface area contributed by atoms with Gasteiger partial charge in [-0.25, -0.2) is 4.98 Å². The normalized spacial score (nSPS) is 14.3. The average molecular weight is 338 g/mol. The Morgan fingerprint density at radius 1 is 1.08 bits per heavy atom. The molecule has 1 aliphatic heterocycles. The second-order valence-corrected chi connectivity index (χ2v) is 6.15. The van der Waals surface area contributed by atoms with E-state index in [4.69, 9.17) is 0 Å². The maximum Gasteiger partial charge on any atom is 0.233 e. The fraction of sp³-hybridized carbons (Fsp3) is 0.316. The highest BCUT2D eigenvalue weighted by Crippen LogP contribution is 2.14. The van der Waals surface area contributed by atoms with Crippen LogP contribution in [-0.4, -0.2) is 47.9 Å². The minimum absolute atomic E-state index is 0.127. The number of aromatic nitrogens is 1. The fourth-order valence-electron chi connectivity index (χ4n) is 2.90. The molecule has 3 rings (SSSR count). The maximum atomic E-state index is 12.3. The van der Waals surface area contributed by atoms with Crippen LogP contribution in [-0.2, 0) is 9.59 Å². The molecule has 1 saturated heterocycles. The Hall–Kier alpha value is -2.89. The molecule has 0 spiro atoms. The van der Waals surface area contributed by atoms with Crippen molar-refractivity contribution in [1.82, 2.24) is 9.88 Å². The Labute approximate surface area is 147 Å². The Kier molecular flexibility index (Phi) is 5.28. The number of rotatable bonds is 4. The van der Waals surface area contributed by atoms with E-state index in [1.54, 1.807) is 11.1 Å². The minimum Gasteiger partial charge on any atom is -0.353 e. The van der Waals surface area contributed by atoms with Crippen LogP contribution >= 0.6 is 0 Å². The number of nitrogens with one attached hydrogen (secondary N) is 1. The molecule has 0 saturated carbocycles. The molecule has 0 aliphatic carbocycles. The molecule has 1 aromatic heterocycles. The smallest absolute Gasteiger partial charge is 0.233 e. The predicted molar refractivity (Wildman–Crippen MR) is 97.5 cm³/mol. The van der Waals surface area contributed by atoms with Gasteiger partial charge in [0.25, 0.3) is 0 Å². The molecule has 1 aromatic carbocycles. The van der Waals surface area contributed by atoms with Gasteiger partial charge in [-0.05, 0) is 36.8 Å². The van der Waals surface area contributed by atoms with E-state index in [0.717, 1.165) is 30.2 Å². The van der Waals surface area contributed by atoms with Crippen molar-refractivity contribution in [3.05, 3.63) is 54.2 Å². The number of aryl methyl sites for hydroxylation is 1. The summed E-state index contributed by atoms with van der Waals surface area (Å²) in [6, 6.07) is 13.3. The van der Waals surface area contributed by atoms with Crippen LogP contribution in [0.1, 0.15) is 12.0 Å². The molecule has 6 heteroatoms. The van der Waals surface area contributed by atoms with Crippen LogP contribution in [0, 0.1) is 6.92 Å². The number of anilines is 2. The Morgan fingerprint density at radius 2 is 1.88 bits per heavy atom. The monoisotopic (exact) mass is 338 g/mol. The Bertz CT molecular complexity index is 740. The standard InChI is InChI=1S/C19H22N4O2/c1-15-5-4-6-16(13-15)21-18(24)14-19(25)23-11-9-22(10-12-23)17-7-2-3-8-20-17/h2-8,13H,9-12,14H2,1H3,(H,21,24). The summed E-state index contributed by atoms with van der Waals surface area (Å²) < 4.78 is 0. The topological polar surface area (TPSA) is 65.5 Å². The van der Waals surface area contributed by atoms with E-state index in [0.29, 0.717) is 13.1 Å². The minimum atomic E-state index is -0.275. The van der Waals surface area contributed by atoms with Crippen LogP contribution in [0.15, 0.2) is 48.7 Å². The number of piperazine rings is 1. The largest absolute Gasteiger partial charge is 0.353 e. The van der Waals surface area contributed by atoms with E-state index < -0.39 is 0 Å². The molecule has 0 radical (unpaired) electrons. The number of hydrogen-bond donors (Lipinski definition) is 1. The zero-order chi connectivity index (χ0) is 17.6. The van der Waals surface area contributed by atoms with Gasteiger partial charge >= 0.3 is 0 Å². The molecule has 0 bridgehead atoms. The molecule has 2 aromatic rings. The van der Waals surface area contributed by atoms with E-state index >= 15 is 0 Å². The zero-order valence-corrected chi connectivity index (χ0v) is 14.3. The number of carbonyl (C=O) groups is 2. The number of amides is 2. The summed E-state index contributed by atoms with van der Waals surface area (Å²) in [6.07, 6.45) is 1.64. The molecule has 130 valence electrons. The van der Waals surface area contributed by atoms with Crippen LogP contribution in [0.2, 0.25) is 0 Å². The van der Waals surface area contributed by atoms with Crippen molar-refractivity contribution in [2.75, 3.05) is 36.4 Å². The summed E-state index contributed by atoms with van der Waals surface area (Å²) in [5.74, 6) is 0.514. The van der Waals surface area contributed by atoms with Crippen LogP contribution in [0.5, 0.6) is 0 Å². The maximum absolute atomic E-state index is 12.3. The number of pyridine rings is 1. The van der Waals surface area contributed by atoms with Crippen LogP contribution in [0.25, 0.3) is 0 Å². The number of benzene rings is 1. The summed E-state index contributed by atoms with van der Waals surface area (Å²) in [7, 11) is 0. The average Bonchev–Trinajstić information content (AvgIpc) is 2.62. The third kappa shape index (κ3) is 4.56. The summed E-state index contributed by atoms with van der Waals surface area (Å²) in [5.41, 5.74) is 1.78. The molecule has 0 atom stereocenters. The molecule has 2 amide bonds. The summed E-state index contributed by atoms with van der Waals surface area (Å²) in [5, 5.41) is 2.78. The SMILES string of the molecule is Cc1cccc(NC(=O)CC(=O)N2CCN(c3ccccn3)CC2)c1. The van der Waals surface area contributed by atoms with Crippen molar-refractivity contribution in [2.45, 2.75) is 13.3 Å². The predicted octanol–water partition coefficient (Wildman–Crippen LogP) is 2.07. The van der Waals surface area contributed by atoms with Crippen LogP contribution in [0.4, 0.5) is 11.5 Å². The van der Waals surface area contributed by atoms with E-state index in [9.17, 15) is 9.59 Å². The van der Waals surface area contributed by atoms with Gasteiger partial charge < -0.3 is 15.1 Å². The van der Waals surface area contributed by atoms with Crippen LogP contribution in [0.3, 0.4) is 0 Å². The first-order chi connectivity index (χ1) is 12.1. The number of nitrogens with zero attached hydrogens (tertiary/aromatic N) is 3. The van der Waals surface area contributed by atoms with Gasteiger partial charge in [-0.3, -0.25) is 9.59 Å². The van der Waals surface area contributed by atoms with Crippen molar-refractivity contribution < 1.29 is 9.59 Å². The molecule has 1 fully saturated rings. The lowest BCUT2D eigenvalue weighted by atomic mass is 10.2. The van der Waals surface area contributed by atoms with Gasteiger partial charge in [-0.1, -0.05) is 18.2 Å². The molecular formula is C19H22N4O2. The van der Waals surface area contributed by atoms with Crippen molar-refractivity contribution in [2.24, 2.45) is 0 Å². The highest BCUT2D eigenvalue weighted by atomic mass is 16.2. The lowest BCUT2D eigenvalue weighted by Gasteiger charge is -2.35. The molecule has 2 heterocycles. The molecular weight excluding hydrogens is 316 g/mol. The van der Waals surface area contributed by atoms with Crippen molar-refractivity contribution in [1.29, 1.82) is 0 Å². The molecule has 1 N–H and O–H groups in total. The first kappa shape index (κ1) is 17.0. The van der Waals surface area contributed by atoms with Gasteiger partial charge in [-0.15, -0.1) is 0 Å². The first-order valence-electron chi connectivity index (χ1n) is 8.42. The van der Waals surface area contributed by atoms with Crippen LogP contribution < -0.4 is 10.2 Å². The molecule has 1 aliphatic rings. The van der Waals surface area contributed by atoms with Gasteiger partial charge in [-0.2, -0.15) is 0 Å². The highest BCUT2D eigenvalue weighted by molar-refractivity contribution is 6.03. The highest BCUT2D eigenvalue weighted by Gasteiger charge is 2.23. The number of hydrogen-bond acceptors (Lipinski definition) is 4. The van der Waals surface area contributed by atoms with Gasteiger partial charge in [0, 0.05) is 38.1 Å². The lowest BCUT2D eigenvalue weighted by molar-refractivity contribution is -0.134. The summed E-state index contributed by atoms with van der Waals surface area (Å²) in [4.78, 5) is 32.7.